The molecule has 63 heavy (non-hydrogen) atoms. The summed E-state index contributed by atoms with van der Waals surface area (Å²) < 4.78 is 0. The normalized spacial score (nSPS) is 16.3. The van der Waals surface area contributed by atoms with Crippen molar-refractivity contribution in [1.29, 1.82) is 0 Å². The van der Waals surface area contributed by atoms with E-state index in [0.29, 0.717) is 5.92 Å². The minimum absolute atomic E-state index is 0.00831. The number of nitrogens with zero attached hydrogens (tertiary/aromatic N) is 2. The minimum atomic E-state index is -0.0167. The van der Waals surface area contributed by atoms with Crippen LogP contribution >= 0.6 is 0 Å². The van der Waals surface area contributed by atoms with Gasteiger partial charge in [0.05, 0.1) is 0 Å². The number of benzene rings is 5. The Hall–Kier alpha value is -4.24. The molecule has 0 spiro atoms. The molecule has 1 aliphatic carbocycles. The first kappa shape index (κ1) is 45.3. The summed E-state index contributed by atoms with van der Waals surface area (Å²) in [6, 6.07) is 35.4. The van der Waals surface area contributed by atoms with Crippen LogP contribution in [0.1, 0.15) is 202 Å². The van der Waals surface area contributed by atoms with Crippen molar-refractivity contribution < 1.29 is 0 Å². The van der Waals surface area contributed by atoms with Gasteiger partial charge in [-0.2, -0.15) is 0 Å². The van der Waals surface area contributed by atoms with Crippen LogP contribution in [0.3, 0.4) is 0 Å². The Labute approximate surface area is 384 Å². The van der Waals surface area contributed by atoms with Gasteiger partial charge in [-0.1, -0.05) is 180 Å². The van der Waals surface area contributed by atoms with Crippen molar-refractivity contribution in [3.05, 3.63) is 124 Å². The molecule has 8 rings (SSSR count). The highest BCUT2D eigenvalue weighted by Crippen LogP contribution is 2.50. The van der Waals surface area contributed by atoms with Crippen molar-refractivity contribution >= 4 is 57.2 Å². The third-order valence-electron chi connectivity index (χ3n) is 14.7. The van der Waals surface area contributed by atoms with Crippen LogP contribution in [-0.2, 0) is 32.5 Å². The van der Waals surface area contributed by atoms with Gasteiger partial charge in [0, 0.05) is 34.1 Å². The van der Waals surface area contributed by atoms with E-state index in [-0.39, 0.29) is 39.2 Å². The van der Waals surface area contributed by atoms with E-state index in [4.69, 9.17) is 0 Å². The van der Waals surface area contributed by atoms with E-state index in [1.807, 2.05) is 0 Å². The van der Waals surface area contributed by atoms with Crippen LogP contribution in [0.5, 0.6) is 0 Å². The summed E-state index contributed by atoms with van der Waals surface area (Å²) in [4.78, 5) is 5.44. The SMILES string of the molecule is CC(C)(C)c1cc(N2c3cc(C(C)(C)C)ccc3B3c4ccc(C(C)(C)C)cc4N(c4cc(C(C)(C)C)cc(C(C)(C)C)c4)c4cc(C5CCCCC5)cc2c43)cc(C(C)(C)C)c1. The van der Waals surface area contributed by atoms with Gasteiger partial charge < -0.3 is 9.80 Å². The molecule has 3 aliphatic rings. The minimum Gasteiger partial charge on any atom is -0.311 e. The highest BCUT2D eigenvalue weighted by atomic mass is 15.2. The zero-order chi connectivity index (χ0) is 46.0. The predicted molar refractivity (Wildman–Crippen MR) is 278 cm³/mol. The summed E-state index contributed by atoms with van der Waals surface area (Å²) in [5.41, 5.74) is 21.8. The van der Waals surface area contributed by atoms with Crippen molar-refractivity contribution in [2.45, 2.75) is 195 Å². The van der Waals surface area contributed by atoms with E-state index in [2.05, 4.69) is 219 Å². The molecule has 2 aliphatic heterocycles. The lowest BCUT2D eigenvalue weighted by Crippen LogP contribution is -2.61. The van der Waals surface area contributed by atoms with Gasteiger partial charge in [-0.15, -0.1) is 0 Å². The van der Waals surface area contributed by atoms with Crippen molar-refractivity contribution in [2.24, 2.45) is 0 Å². The van der Waals surface area contributed by atoms with E-state index >= 15 is 0 Å². The molecule has 0 atom stereocenters. The lowest BCUT2D eigenvalue weighted by atomic mass is 9.33. The monoisotopic (exact) mass is 839 g/mol. The summed E-state index contributed by atoms with van der Waals surface area (Å²) in [5.74, 6) is 0.532. The number of fused-ring (bicyclic) bond motifs is 4. The van der Waals surface area contributed by atoms with Gasteiger partial charge in [-0.3, -0.25) is 0 Å². The second-order valence-electron chi connectivity index (χ2n) is 26.0. The Morgan fingerprint density at radius 2 is 0.698 bits per heavy atom. The second kappa shape index (κ2) is 15.2. The van der Waals surface area contributed by atoms with Crippen molar-refractivity contribution in [3.63, 3.8) is 0 Å². The Morgan fingerprint density at radius 1 is 0.365 bits per heavy atom. The quantitative estimate of drug-likeness (QED) is 0.164. The molecule has 0 N–H and O–H groups in total. The first-order valence-electron chi connectivity index (χ1n) is 24.4. The van der Waals surface area contributed by atoms with Crippen LogP contribution in [0.15, 0.2) is 84.9 Å². The molecule has 5 aromatic carbocycles. The lowest BCUT2D eigenvalue weighted by Gasteiger charge is -2.46. The second-order valence-corrected chi connectivity index (χ2v) is 26.0. The van der Waals surface area contributed by atoms with Crippen LogP contribution in [0, 0.1) is 0 Å². The summed E-state index contributed by atoms with van der Waals surface area (Å²) in [5, 5.41) is 0. The first-order valence-corrected chi connectivity index (χ1v) is 24.4. The van der Waals surface area contributed by atoms with Crippen LogP contribution in [0.2, 0.25) is 0 Å². The molecule has 2 nitrogen and oxygen atoms in total. The van der Waals surface area contributed by atoms with E-state index in [1.54, 1.807) is 0 Å². The molecule has 1 fully saturated rings. The highest BCUT2D eigenvalue weighted by Gasteiger charge is 2.45. The first-order chi connectivity index (χ1) is 29.0. The van der Waals surface area contributed by atoms with Crippen molar-refractivity contribution in [1.82, 2.24) is 0 Å². The zero-order valence-electron chi connectivity index (χ0n) is 42.7. The van der Waals surface area contributed by atoms with Crippen molar-refractivity contribution in [2.75, 3.05) is 9.80 Å². The molecule has 0 amide bonds. The molecule has 0 radical (unpaired) electrons. The fraction of sp³-hybridized carbons (Fsp3) is 0.500. The van der Waals surface area contributed by atoms with E-state index in [9.17, 15) is 0 Å². The highest BCUT2D eigenvalue weighted by molar-refractivity contribution is 7.00. The summed E-state index contributed by atoms with van der Waals surface area (Å²) in [7, 11) is 0. The van der Waals surface area contributed by atoms with Crippen LogP contribution in [-0.4, -0.2) is 6.71 Å². The maximum absolute atomic E-state index is 2.72. The Morgan fingerprint density at radius 3 is 1.02 bits per heavy atom. The third-order valence-corrected chi connectivity index (χ3v) is 14.7. The van der Waals surface area contributed by atoms with E-state index in [1.165, 1.54) is 122 Å². The number of anilines is 6. The van der Waals surface area contributed by atoms with Crippen LogP contribution in [0.25, 0.3) is 0 Å². The predicted octanol–water partition coefficient (Wildman–Crippen LogP) is 15.6. The lowest BCUT2D eigenvalue weighted by molar-refractivity contribution is 0.444. The molecule has 0 saturated heterocycles. The largest absolute Gasteiger partial charge is 0.311 e. The van der Waals surface area contributed by atoms with Gasteiger partial charge >= 0.3 is 0 Å². The van der Waals surface area contributed by atoms with E-state index < -0.39 is 0 Å². The van der Waals surface area contributed by atoms with Gasteiger partial charge in [0.25, 0.3) is 6.71 Å². The zero-order valence-corrected chi connectivity index (χ0v) is 42.7. The topological polar surface area (TPSA) is 6.48 Å². The maximum atomic E-state index is 2.72. The Balaban J connectivity index is 1.56. The molecule has 0 unspecified atom stereocenters. The molecule has 1 saturated carbocycles. The molecular formula is C60H79BN2. The van der Waals surface area contributed by atoms with Gasteiger partial charge in [0.2, 0.25) is 0 Å². The molecule has 0 bridgehead atoms. The van der Waals surface area contributed by atoms with Crippen molar-refractivity contribution in [3.8, 4) is 0 Å². The molecule has 5 aromatic rings. The number of rotatable bonds is 3. The van der Waals surface area contributed by atoms with Gasteiger partial charge in [0.1, 0.15) is 0 Å². The van der Waals surface area contributed by atoms with E-state index in [0.717, 1.165) is 0 Å². The average molecular weight is 839 g/mol. The Kier molecular flexibility index (Phi) is 10.9. The van der Waals surface area contributed by atoms with Gasteiger partial charge in [-0.05, 0) is 155 Å². The smallest absolute Gasteiger partial charge is 0.252 e. The van der Waals surface area contributed by atoms with Gasteiger partial charge in [-0.25, -0.2) is 0 Å². The summed E-state index contributed by atoms with van der Waals surface area (Å²) in [6.07, 6.45) is 6.43. The molecule has 3 heteroatoms. The number of hydrogen-bond acceptors (Lipinski definition) is 2. The maximum Gasteiger partial charge on any atom is 0.252 e. The fourth-order valence-electron chi connectivity index (χ4n) is 10.4. The van der Waals surface area contributed by atoms with Crippen LogP contribution < -0.4 is 26.2 Å². The molecular weight excluding hydrogens is 759 g/mol. The summed E-state index contributed by atoms with van der Waals surface area (Å²) >= 11 is 0. The standard InChI is InChI=1S/C60H79BN2/c1-55(2,3)40-24-26-48-50(36-40)62(46-32-42(57(7,8)9)30-43(33-46)58(10,11)12)52-28-39(38-22-20-19-21-23-38)29-53-54(52)61(48)49-27-25-41(56(4,5)6)37-51(49)63(53)47-34-44(59(13,14)15)31-45(35-47)60(16,17)18/h24-38H,19-23H2,1-18H3. The number of hydrogen-bond donors (Lipinski definition) is 0. The fourth-order valence-corrected chi connectivity index (χ4v) is 10.4. The Bertz CT molecular complexity index is 2330. The summed E-state index contributed by atoms with van der Waals surface area (Å²) in [6.45, 7) is 42.8. The van der Waals surface area contributed by atoms with Crippen LogP contribution in [0.4, 0.5) is 34.1 Å². The molecule has 332 valence electrons. The van der Waals surface area contributed by atoms with Gasteiger partial charge in [0.15, 0.2) is 0 Å². The molecule has 2 heterocycles. The molecule has 0 aromatic heterocycles. The third kappa shape index (κ3) is 8.45. The average Bonchev–Trinajstić information content (AvgIpc) is 3.18.